The Morgan fingerprint density at radius 1 is 0.844 bits per heavy atom. The fraction of sp³-hybridized carbons (Fsp3) is 0.115. The smallest absolute Gasteiger partial charge is 0.255 e. The van der Waals surface area contributed by atoms with E-state index in [1.165, 1.54) is 0 Å². The lowest BCUT2D eigenvalue weighted by atomic mass is 10.1. The lowest BCUT2D eigenvalue weighted by Crippen LogP contribution is -2.14. The highest BCUT2D eigenvalue weighted by Gasteiger charge is 2.10. The lowest BCUT2D eigenvalue weighted by Gasteiger charge is -2.08. The van der Waals surface area contributed by atoms with Crippen LogP contribution in [0.3, 0.4) is 0 Å². The highest BCUT2D eigenvalue weighted by atomic mass is 16.2. The quantitative estimate of drug-likeness (QED) is 0.461. The van der Waals surface area contributed by atoms with Crippen molar-refractivity contribution < 1.29 is 9.59 Å². The second kappa shape index (κ2) is 9.31. The molecule has 0 bridgehead atoms. The van der Waals surface area contributed by atoms with E-state index in [9.17, 15) is 9.59 Å². The summed E-state index contributed by atoms with van der Waals surface area (Å²) in [6.07, 6.45) is 3.61. The Kier molecular flexibility index (Phi) is 6.12. The molecule has 2 N–H and O–H groups in total. The molecule has 6 nitrogen and oxygen atoms in total. The second-order valence-corrected chi connectivity index (χ2v) is 7.76. The first kappa shape index (κ1) is 21.1. The van der Waals surface area contributed by atoms with Crippen molar-refractivity contribution in [2.75, 3.05) is 10.6 Å². The van der Waals surface area contributed by atoms with Crippen LogP contribution in [0.25, 0.3) is 5.69 Å². The number of amides is 2. The summed E-state index contributed by atoms with van der Waals surface area (Å²) in [5.41, 5.74) is 5.78. The van der Waals surface area contributed by atoms with Gasteiger partial charge in [-0.05, 0) is 49.7 Å². The number of anilines is 2. The summed E-state index contributed by atoms with van der Waals surface area (Å²) >= 11 is 0. The summed E-state index contributed by atoms with van der Waals surface area (Å²) in [5.74, 6) is -0.309. The van der Waals surface area contributed by atoms with Crippen LogP contribution < -0.4 is 10.6 Å². The van der Waals surface area contributed by atoms with Crippen molar-refractivity contribution in [1.82, 2.24) is 9.78 Å². The van der Waals surface area contributed by atoms with E-state index in [0.717, 1.165) is 28.1 Å². The SMILES string of the molecule is Cc1ccc(NC(=O)c2cccc(-n3cc(NC(=O)Cc4cccc(C)c4)cn3)c2)cc1. The van der Waals surface area contributed by atoms with Gasteiger partial charge >= 0.3 is 0 Å². The number of hydrogen-bond donors (Lipinski definition) is 2. The van der Waals surface area contributed by atoms with E-state index in [-0.39, 0.29) is 11.8 Å². The number of aryl methyl sites for hydroxylation is 2. The first-order valence-electron chi connectivity index (χ1n) is 10.3. The van der Waals surface area contributed by atoms with E-state index in [1.807, 2.05) is 68.4 Å². The van der Waals surface area contributed by atoms with Crippen LogP contribution in [0.1, 0.15) is 27.0 Å². The average molecular weight is 425 g/mol. The maximum absolute atomic E-state index is 12.6. The van der Waals surface area contributed by atoms with Gasteiger partial charge in [-0.2, -0.15) is 5.10 Å². The van der Waals surface area contributed by atoms with Gasteiger partial charge in [0.15, 0.2) is 0 Å². The van der Waals surface area contributed by atoms with Gasteiger partial charge in [0.25, 0.3) is 5.91 Å². The van der Waals surface area contributed by atoms with E-state index in [1.54, 1.807) is 35.3 Å². The maximum Gasteiger partial charge on any atom is 0.255 e. The predicted molar refractivity (Wildman–Crippen MR) is 126 cm³/mol. The Hall–Kier alpha value is -4.19. The molecule has 3 aromatic carbocycles. The highest BCUT2D eigenvalue weighted by Crippen LogP contribution is 2.16. The van der Waals surface area contributed by atoms with Crippen LogP contribution >= 0.6 is 0 Å². The Labute approximate surface area is 186 Å². The standard InChI is InChI=1S/C26H24N4O2/c1-18-9-11-22(12-10-18)29-26(32)21-7-4-8-24(15-21)30-17-23(16-27-30)28-25(31)14-20-6-3-5-19(2)13-20/h3-13,15-17H,14H2,1-2H3,(H,28,31)(H,29,32). The topological polar surface area (TPSA) is 76.0 Å². The fourth-order valence-corrected chi connectivity index (χ4v) is 3.37. The van der Waals surface area contributed by atoms with Crippen molar-refractivity contribution in [3.8, 4) is 5.69 Å². The van der Waals surface area contributed by atoms with E-state index >= 15 is 0 Å². The molecule has 0 aliphatic carbocycles. The van der Waals surface area contributed by atoms with Crippen molar-refractivity contribution in [1.29, 1.82) is 0 Å². The molecule has 160 valence electrons. The van der Waals surface area contributed by atoms with Gasteiger partial charge in [0, 0.05) is 11.3 Å². The number of benzene rings is 3. The summed E-state index contributed by atoms with van der Waals surface area (Å²) in [6, 6.07) is 22.7. The molecular formula is C26H24N4O2. The number of hydrogen-bond acceptors (Lipinski definition) is 3. The minimum atomic E-state index is -0.200. The molecule has 0 aliphatic heterocycles. The molecule has 0 unspecified atom stereocenters. The number of nitrogens with zero attached hydrogens (tertiary/aromatic N) is 2. The minimum absolute atomic E-state index is 0.110. The van der Waals surface area contributed by atoms with Gasteiger partial charge in [-0.15, -0.1) is 0 Å². The molecule has 0 radical (unpaired) electrons. The minimum Gasteiger partial charge on any atom is -0.323 e. The Morgan fingerprint density at radius 2 is 1.62 bits per heavy atom. The van der Waals surface area contributed by atoms with E-state index < -0.39 is 0 Å². The largest absolute Gasteiger partial charge is 0.323 e. The van der Waals surface area contributed by atoms with Crippen molar-refractivity contribution >= 4 is 23.2 Å². The highest BCUT2D eigenvalue weighted by molar-refractivity contribution is 6.04. The predicted octanol–water partition coefficient (Wildman–Crippen LogP) is 4.92. The maximum atomic E-state index is 12.6. The van der Waals surface area contributed by atoms with Crippen LogP contribution in [0.15, 0.2) is 85.2 Å². The second-order valence-electron chi connectivity index (χ2n) is 7.76. The first-order valence-corrected chi connectivity index (χ1v) is 10.3. The van der Waals surface area contributed by atoms with Crippen LogP contribution in [0.4, 0.5) is 11.4 Å². The van der Waals surface area contributed by atoms with Crippen LogP contribution in [0.5, 0.6) is 0 Å². The summed E-state index contributed by atoms with van der Waals surface area (Å²) in [6.45, 7) is 4.00. The zero-order chi connectivity index (χ0) is 22.5. The van der Waals surface area contributed by atoms with Gasteiger partial charge in [0.1, 0.15) is 0 Å². The molecule has 32 heavy (non-hydrogen) atoms. The summed E-state index contributed by atoms with van der Waals surface area (Å²) in [4.78, 5) is 25.0. The zero-order valence-corrected chi connectivity index (χ0v) is 18.0. The van der Waals surface area contributed by atoms with E-state index in [4.69, 9.17) is 0 Å². The Morgan fingerprint density at radius 3 is 2.41 bits per heavy atom. The monoisotopic (exact) mass is 424 g/mol. The molecule has 2 amide bonds. The Balaban J connectivity index is 1.43. The van der Waals surface area contributed by atoms with Crippen LogP contribution in [-0.2, 0) is 11.2 Å². The molecule has 4 aromatic rings. The molecule has 6 heteroatoms. The molecule has 0 saturated heterocycles. The van der Waals surface area contributed by atoms with Gasteiger partial charge < -0.3 is 10.6 Å². The Bertz CT molecular complexity index is 1260. The van der Waals surface area contributed by atoms with E-state index in [2.05, 4.69) is 15.7 Å². The molecule has 1 aromatic heterocycles. The van der Waals surface area contributed by atoms with Crippen molar-refractivity contribution in [3.05, 3.63) is 107 Å². The lowest BCUT2D eigenvalue weighted by molar-refractivity contribution is -0.115. The molecule has 0 atom stereocenters. The summed E-state index contributed by atoms with van der Waals surface area (Å²) in [7, 11) is 0. The third kappa shape index (κ3) is 5.29. The third-order valence-corrected chi connectivity index (χ3v) is 5.00. The van der Waals surface area contributed by atoms with Crippen LogP contribution in [0.2, 0.25) is 0 Å². The van der Waals surface area contributed by atoms with Crippen molar-refractivity contribution in [2.45, 2.75) is 20.3 Å². The molecule has 0 fully saturated rings. The molecule has 1 heterocycles. The number of carbonyl (C=O) groups is 2. The van der Waals surface area contributed by atoms with Gasteiger partial charge in [-0.1, -0.05) is 53.6 Å². The zero-order valence-electron chi connectivity index (χ0n) is 18.0. The van der Waals surface area contributed by atoms with Gasteiger partial charge in [0.05, 0.1) is 30.2 Å². The summed E-state index contributed by atoms with van der Waals surface area (Å²) < 4.78 is 1.63. The number of rotatable bonds is 6. The molecule has 0 aliphatic rings. The fourth-order valence-electron chi connectivity index (χ4n) is 3.37. The van der Waals surface area contributed by atoms with Gasteiger partial charge in [-0.25, -0.2) is 4.68 Å². The average Bonchev–Trinajstić information content (AvgIpc) is 3.24. The van der Waals surface area contributed by atoms with Gasteiger partial charge in [0.2, 0.25) is 5.91 Å². The van der Waals surface area contributed by atoms with Crippen molar-refractivity contribution in [2.24, 2.45) is 0 Å². The molecule has 0 spiro atoms. The first-order chi connectivity index (χ1) is 15.5. The number of aromatic nitrogens is 2. The van der Waals surface area contributed by atoms with Crippen LogP contribution in [0, 0.1) is 13.8 Å². The molecule has 4 rings (SSSR count). The van der Waals surface area contributed by atoms with Crippen LogP contribution in [-0.4, -0.2) is 21.6 Å². The third-order valence-electron chi connectivity index (χ3n) is 5.00. The summed E-state index contributed by atoms with van der Waals surface area (Å²) in [5, 5.41) is 10.1. The molecule has 0 saturated carbocycles. The van der Waals surface area contributed by atoms with Gasteiger partial charge in [-0.3, -0.25) is 9.59 Å². The number of carbonyl (C=O) groups excluding carboxylic acids is 2. The van der Waals surface area contributed by atoms with E-state index in [0.29, 0.717) is 17.7 Å². The normalized spacial score (nSPS) is 10.6. The molecular weight excluding hydrogens is 400 g/mol. The number of nitrogens with one attached hydrogen (secondary N) is 2. The van der Waals surface area contributed by atoms with Crippen molar-refractivity contribution in [3.63, 3.8) is 0 Å².